The fourth-order valence-corrected chi connectivity index (χ4v) is 1.79. The monoisotopic (exact) mass is 256 g/mol. The van der Waals surface area contributed by atoms with Gasteiger partial charge in [0.2, 0.25) is 5.91 Å². The van der Waals surface area contributed by atoms with Crippen molar-refractivity contribution in [3.63, 3.8) is 0 Å². The van der Waals surface area contributed by atoms with Gasteiger partial charge in [-0.2, -0.15) is 0 Å². The van der Waals surface area contributed by atoms with E-state index < -0.39 is 0 Å². The lowest BCUT2D eigenvalue weighted by atomic mass is 10.1. The molecule has 1 amide bonds. The first kappa shape index (κ1) is 13.2. The lowest BCUT2D eigenvalue weighted by molar-refractivity contribution is -0.120. The van der Waals surface area contributed by atoms with Gasteiger partial charge in [-0.1, -0.05) is 30.3 Å². The van der Waals surface area contributed by atoms with Gasteiger partial charge in [0, 0.05) is 18.9 Å². The maximum absolute atomic E-state index is 11.8. The van der Waals surface area contributed by atoms with Gasteiger partial charge >= 0.3 is 0 Å². The van der Waals surface area contributed by atoms with E-state index in [1.54, 1.807) is 12.4 Å². The van der Waals surface area contributed by atoms with E-state index >= 15 is 0 Å². The van der Waals surface area contributed by atoms with Gasteiger partial charge in [0.15, 0.2) is 0 Å². The molecule has 4 nitrogen and oxygen atoms in total. The number of aliphatic hydroxyl groups is 1. The van der Waals surface area contributed by atoms with Crippen molar-refractivity contribution in [2.45, 2.75) is 19.6 Å². The van der Waals surface area contributed by atoms with Gasteiger partial charge in [-0.3, -0.25) is 9.78 Å². The molecule has 19 heavy (non-hydrogen) atoms. The number of pyridine rings is 1. The molecule has 2 rings (SSSR count). The molecule has 1 heterocycles. The smallest absolute Gasteiger partial charge is 0.224 e. The molecule has 0 spiro atoms. The summed E-state index contributed by atoms with van der Waals surface area (Å²) in [5, 5.41) is 11.9. The molecule has 0 aliphatic rings. The Balaban J connectivity index is 1.86. The number of hydrogen-bond donors (Lipinski definition) is 2. The summed E-state index contributed by atoms with van der Waals surface area (Å²) >= 11 is 0. The molecule has 0 saturated carbocycles. The number of amides is 1. The van der Waals surface area contributed by atoms with Crippen molar-refractivity contribution < 1.29 is 9.90 Å². The molecule has 0 atom stereocenters. The Morgan fingerprint density at radius 2 is 1.95 bits per heavy atom. The second-order valence-corrected chi connectivity index (χ2v) is 4.29. The van der Waals surface area contributed by atoms with Crippen molar-refractivity contribution >= 4 is 5.91 Å². The van der Waals surface area contributed by atoms with E-state index in [0.29, 0.717) is 13.0 Å². The zero-order valence-electron chi connectivity index (χ0n) is 10.5. The highest BCUT2D eigenvalue weighted by Gasteiger charge is 2.03. The van der Waals surface area contributed by atoms with Gasteiger partial charge in [0.25, 0.3) is 0 Å². The zero-order chi connectivity index (χ0) is 13.5. The fraction of sp³-hybridized carbons (Fsp3) is 0.200. The Morgan fingerprint density at radius 3 is 2.68 bits per heavy atom. The summed E-state index contributed by atoms with van der Waals surface area (Å²) in [5.41, 5.74) is 2.72. The van der Waals surface area contributed by atoms with E-state index in [-0.39, 0.29) is 12.5 Å². The predicted octanol–water partition coefficient (Wildman–Crippen LogP) is 1.43. The number of nitrogens with zero attached hydrogens (tertiary/aromatic N) is 1. The van der Waals surface area contributed by atoms with Crippen LogP contribution in [0.5, 0.6) is 0 Å². The summed E-state index contributed by atoms with van der Waals surface area (Å²) in [6, 6.07) is 11.2. The van der Waals surface area contributed by atoms with Crippen molar-refractivity contribution in [3.8, 4) is 0 Å². The molecular formula is C15H16N2O2. The number of aromatic nitrogens is 1. The third kappa shape index (κ3) is 4.19. The number of hydrogen-bond acceptors (Lipinski definition) is 3. The summed E-state index contributed by atoms with van der Waals surface area (Å²) in [6.45, 7) is 0.477. The molecule has 98 valence electrons. The highest BCUT2D eigenvalue weighted by Crippen LogP contribution is 2.05. The number of rotatable bonds is 5. The first-order chi connectivity index (χ1) is 9.28. The molecule has 0 radical (unpaired) electrons. The van der Waals surface area contributed by atoms with Crippen LogP contribution in [0.15, 0.2) is 48.8 Å². The Morgan fingerprint density at radius 1 is 1.16 bits per heavy atom. The topological polar surface area (TPSA) is 62.2 Å². The number of carbonyl (C=O) groups is 1. The van der Waals surface area contributed by atoms with E-state index in [4.69, 9.17) is 5.11 Å². The molecular weight excluding hydrogens is 240 g/mol. The maximum Gasteiger partial charge on any atom is 0.224 e. The molecule has 2 N–H and O–H groups in total. The van der Waals surface area contributed by atoms with E-state index in [1.807, 2.05) is 36.4 Å². The van der Waals surface area contributed by atoms with Crippen LogP contribution < -0.4 is 5.32 Å². The minimum absolute atomic E-state index is 0.0114. The molecule has 0 unspecified atom stereocenters. The lowest BCUT2D eigenvalue weighted by Crippen LogP contribution is -2.24. The molecule has 0 fully saturated rings. The van der Waals surface area contributed by atoms with Gasteiger partial charge in [-0.15, -0.1) is 0 Å². The van der Waals surface area contributed by atoms with Crippen LogP contribution in [0.3, 0.4) is 0 Å². The molecule has 0 saturated heterocycles. The molecule has 0 bridgehead atoms. The normalized spacial score (nSPS) is 10.2. The van der Waals surface area contributed by atoms with Crippen LogP contribution in [0.1, 0.15) is 16.7 Å². The van der Waals surface area contributed by atoms with Gasteiger partial charge in [-0.05, 0) is 22.8 Å². The average molecular weight is 256 g/mol. The largest absolute Gasteiger partial charge is 0.392 e. The lowest BCUT2D eigenvalue weighted by Gasteiger charge is -2.06. The Hall–Kier alpha value is -2.20. The van der Waals surface area contributed by atoms with Crippen molar-refractivity contribution in [3.05, 3.63) is 65.5 Å². The van der Waals surface area contributed by atoms with Crippen molar-refractivity contribution in [2.24, 2.45) is 0 Å². The second kappa shape index (κ2) is 6.66. The fourth-order valence-electron chi connectivity index (χ4n) is 1.79. The number of carbonyl (C=O) groups excluding carboxylic acids is 1. The van der Waals surface area contributed by atoms with E-state index in [9.17, 15) is 4.79 Å². The third-order valence-corrected chi connectivity index (χ3v) is 2.75. The molecule has 4 heteroatoms. The molecule has 0 aliphatic heterocycles. The highest BCUT2D eigenvalue weighted by atomic mass is 16.3. The van der Waals surface area contributed by atoms with E-state index in [0.717, 1.165) is 16.7 Å². The number of benzene rings is 1. The van der Waals surface area contributed by atoms with Crippen LogP contribution >= 0.6 is 0 Å². The minimum Gasteiger partial charge on any atom is -0.392 e. The summed E-state index contributed by atoms with van der Waals surface area (Å²) < 4.78 is 0. The van der Waals surface area contributed by atoms with Crippen LogP contribution in [-0.2, 0) is 24.4 Å². The Bertz CT molecular complexity index is 541. The van der Waals surface area contributed by atoms with Gasteiger partial charge in [0.1, 0.15) is 0 Å². The minimum atomic E-state index is -0.0394. The van der Waals surface area contributed by atoms with Crippen molar-refractivity contribution in [1.82, 2.24) is 10.3 Å². The highest BCUT2D eigenvalue weighted by molar-refractivity contribution is 5.78. The number of aliphatic hydroxyl groups excluding tert-OH is 1. The van der Waals surface area contributed by atoms with Crippen molar-refractivity contribution in [2.75, 3.05) is 0 Å². The molecule has 2 aromatic rings. The molecule has 1 aromatic carbocycles. The first-order valence-electron chi connectivity index (χ1n) is 6.12. The van der Waals surface area contributed by atoms with Gasteiger partial charge < -0.3 is 10.4 Å². The zero-order valence-corrected chi connectivity index (χ0v) is 10.5. The van der Waals surface area contributed by atoms with Gasteiger partial charge in [0.05, 0.1) is 13.0 Å². The van der Waals surface area contributed by atoms with Crippen LogP contribution in [0.25, 0.3) is 0 Å². The van der Waals surface area contributed by atoms with Crippen LogP contribution in [0, 0.1) is 0 Å². The van der Waals surface area contributed by atoms with Crippen LogP contribution in [0.2, 0.25) is 0 Å². The van der Waals surface area contributed by atoms with E-state index in [2.05, 4.69) is 10.3 Å². The average Bonchev–Trinajstić information content (AvgIpc) is 2.46. The Labute approximate surface area is 112 Å². The summed E-state index contributed by atoms with van der Waals surface area (Å²) in [4.78, 5) is 15.7. The van der Waals surface area contributed by atoms with E-state index in [1.165, 1.54) is 0 Å². The third-order valence-electron chi connectivity index (χ3n) is 2.75. The molecule has 1 aromatic heterocycles. The predicted molar refractivity (Wildman–Crippen MR) is 72.2 cm³/mol. The van der Waals surface area contributed by atoms with Crippen LogP contribution in [0.4, 0.5) is 0 Å². The van der Waals surface area contributed by atoms with Gasteiger partial charge in [-0.25, -0.2) is 0 Å². The summed E-state index contributed by atoms with van der Waals surface area (Å²) in [6.07, 6.45) is 3.70. The maximum atomic E-state index is 11.8. The Kier molecular flexibility index (Phi) is 4.64. The summed E-state index contributed by atoms with van der Waals surface area (Å²) in [7, 11) is 0. The SMILES string of the molecule is O=C(Cc1cccnc1)NCc1cccc(CO)c1. The summed E-state index contributed by atoms with van der Waals surface area (Å²) in [5.74, 6) is -0.0394. The van der Waals surface area contributed by atoms with Crippen molar-refractivity contribution in [1.29, 1.82) is 0 Å². The van der Waals surface area contributed by atoms with Crippen LogP contribution in [-0.4, -0.2) is 16.0 Å². The second-order valence-electron chi connectivity index (χ2n) is 4.29. The standard InChI is InChI=1S/C15H16N2O2/c18-11-14-4-1-3-12(7-14)10-17-15(19)8-13-5-2-6-16-9-13/h1-7,9,18H,8,10-11H2,(H,17,19). The molecule has 0 aliphatic carbocycles. The number of nitrogens with one attached hydrogen (secondary N) is 1. The quantitative estimate of drug-likeness (QED) is 0.850. The first-order valence-corrected chi connectivity index (χ1v) is 6.12.